The average molecular weight is 242 g/mol. The van der Waals surface area contributed by atoms with Gasteiger partial charge in [-0.05, 0) is 43.8 Å². The number of nitrogens with one attached hydrogen (secondary N) is 1. The first-order valence-corrected chi connectivity index (χ1v) is 6.01. The molecule has 13 heavy (non-hydrogen) atoms. The Kier molecular flexibility index (Phi) is 3.23. The van der Waals surface area contributed by atoms with Crippen LogP contribution in [0.4, 0.5) is 0 Å². The van der Waals surface area contributed by atoms with E-state index in [-0.39, 0.29) is 0 Å². The molecule has 0 bridgehead atoms. The van der Waals surface area contributed by atoms with Gasteiger partial charge in [-0.1, -0.05) is 34.2 Å². The smallest absolute Gasteiger partial charge is 0.0365 e. The number of hydrogen-bond donors (Lipinski definition) is 1. The molecule has 2 heteroatoms. The van der Waals surface area contributed by atoms with Gasteiger partial charge in [-0.25, -0.2) is 0 Å². The maximum Gasteiger partial charge on any atom is 0.0365 e. The molecular weight excluding hydrogens is 226 g/mol. The van der Waals surface area contributed by atoms with Gasteiger partial charge in [0.05, 0.1) is 0 Å². The molecule has 2 aliphatic rings. The molecule has 1 saturated heterocycles. The van der Waals surface area contributed by atoms with Gasteiger partial charge in [-0.3, -0.25) is 0 Å². The van der Waals surface area contributed by atoms with Crippen LogP contribution in [-0.4, -0.2) is 17.9 Å². The van der Waals surface area contributed by atoms with Crippen molar-refractivity contribution >= 4 is 15.9 Å². The summed E-state index contributed by atoms with van der Waals surface area (Å²) in [6.45, 7) is 2.37. The molecule has 1 aliphatic heterocycles. The Hall–Kier alpha value is -0.0800. The summed E-state index contributed by atoms with van der Waals surface area (Å²) >= 11 is 3.65. The van der Waals surface area contributed by atoms with Crippen molar-refractivity contribution in [1.29, 1.82) is 0 Å². The largest absolute Gasteiger partial charge is 0.317 e. The molecule has 2 rings (SSSR count). The molecule has 0 amide bonds. The summed E-state index contributed by atoms with van der Waals surface area (Å²) < 4.78 is 0. The fourth-order valence-electron chi connectivity index (χ4n) is 2.09. The third kappa shape index (κ3) is 2.44. The lowest BCUT2D eigenvalue weighted by molar-refractivity contribution is 0.424. The second kappa shape index (κ2) is 4.43. The SMILES string of the molecule is BrC1C=C(C2CCNCC2)C=CC1. The van der Waals surface area contributed by atoms with Gasteiger partial charge in [-0.2, -0.15) is 0 Å². The number of hydrogen-bond acceptors (Lipinski definition) is 1. The standard InChI is InChI=1S/C11H16BrN/c12-11-3-1-2-10(8-11)9-4-6-13-7-5-9/h1-2,8-9,11,13H,3-7H2. The van der Waals surface area contributed by atoms with Gasteiger partial charge in [0.25, 0.3) is 0 Å². The summed E-state index contributed by atoms with van der Waals surface area (Å²) in [5.41, 5.74) is 1.55. The van der Waals surface area contributed by atoms with Crippen LogP contribution in [0.15, 0.2) is 23.8 Å². The van der Waals surface area contributed by atoms with Gasteiger partial charge in [0.2, 0.25) is 0 Å². The van der Waals surface area contributed by atoms with Crippen molar-refractivity contribution in [3.05, 3.63) is 23.8 Å². The van der Waals surface area contributed by atoms with Crippen LogP contribution in [0.3, 0.4) is 0 Å². The summed E-state index contributed by atoms with van der Waals surface area (Å²) in [6, 6.07) is 0. The molecule has 1 N–H and O–H groups in total. The molecule has 0 saturated carbocycles. The number of rotatable bonds is 1. The van der Waals surface area contributed by atoms with Gasteiger partial charge in [0.1, 0.15) is 0 Å². The van der Waals surface area contributed by atoms with Crippen LogP contribution >= 0.6 is 15.9 Å². The van der Waals surface area contributed by atoms with Crippen molar-refractivity contribution in [2.75, 3.05) is 13.1 Å². The van der Waals surface area contributed by atoms with Crippen molar-refractivity contribution in [2.45, 2.75) is 24.1 Å². The molecule has 1 atom stereocenters. The van der Waals surface area contributed by atoms with Crippen LogP contribution < -0.4 is 5.32 Å². The minimum Gasteiger partial charge on any atom is -0.317 e. The monoisotopic (exact) mass is 241 g/mol. The Labute approximate surface area is 88.4 Å². The Morgan fingerprint density at radius 2 is 2.08 bits per heavy atom. The quantitative estimate of drug-likeness (QED) is 0.697. The van der Waals surface area contributed by atoms with E-state index in [9.17, 15) is 0 Å². The summed E-state index contributed by atoms with van der Waals surface area (Å²) in [5.74, 6) is 0.804. The third-order valence-electron chi connectivity index (χ3n) is 2.86. The molecule has 0 aromatic rings. The maximum absolute atomic E-state index is 3.65. The first kappa shape index (κ1) is 9.47. The second-order valence-corrected chi connectivity index (χ2v) is 5.02. The van der Waals surface area contributed by atoms with Crippen LogP contribution in [0.5, 0.6) is 0 Å². The normalized spacial score (nSPS) is 30.2. The highest BCUT2D eigenvalue weighted by molar-refractivity contribution is 9.09. The van der Waals surface area contributed by atoms with Gasteiger partial charge in [0.15, 0.2) is 0 Å². The minimum atomic E-state index is 0.572. The average Bonchev–Trinajstić information content (AvgIpc) is 2.19. The summed E-state index contributed by atoms with van der Waals surface area (Å²) in [4.78, 5) is 0.572. The molecule has 1 fully saturated rings. The highest BCUT2D eigenvalue weighted by Gasteiger charge is 2.18. The summed E-state index contributed by atoms with van der Waals surface area (Å²) in [6.07, 6.45) is 10.7. The van der Waals surface area contributed by atoms with E-state index in [1.807, 2.05) is 0 Å². The molecule has 1 aliphatic carbocycles. The second-order valence-electron chi connectivity index (χ2n) is 3.85. The Balaban J connectivity index is 2.02. The summed E-state index contributed by atoms with van der Waals surface area (Å²) in [5, 5.41) is 3.40. The first-order valence-electron chi connectivity index (χ1n) is 5.09. The fourth-order valence-corrected chi connectivity index (χ4v) is 2.62. The van der Waals surface area contributed by atoms with Crippen LogP contribution in [0.1, 0.15) is 19.3 Å². The number of halogens is 1. The molecule has 0 aromatic carbocycles. The van der Waals surface area contributed by atoms with Crippen LogP contribution in [-0.2, 0) is 0 Å². The van der Waals surface area contributed by atoms with Crippen molar-refractivity contribution in [2.24, 2.45) is 5.92 Å². The van der Waals surface area contributed by atoms with E-state index in [1.165, 1.54) is 25.9 Å². The highest BCUT2D eigenvalue weighted by atomic mass is 79.9. The van der Waals surface area contributed by atoms with Crippen LogP contribution in [0.2, 0.25) is 0 Å². The Bertz CT molecular complexity index is 226. The first-order chi connectivity index (χ1) is 6.36. The van der Waals surface area contributed by atoms with Crippen LogP contribution in [0.25, 0.3) is 0 Å². The molecule has 0 spiro atoms. The summed E-state index contributed by atoms with van der Waals surface area (Å²) in [7, 11) is 0. The van der Waals surface area contributed by atoms with E-state index in [0.29, 0.717) is 4.83 Å². The zero-order valence-corrected chi connectivity index (χ0v) is 9.39. The fraction of sp³-hybridized carbons (Fsp3) is 0.636. The Morgan fingerprint density at radius 1 is 1.31 bits per heavy atom. The van der Waals surface area contributed by atoms with Crippen molar-refractivity contribution in [3.63, 3.8) is 0 Å². The lowest BCUT2D eigenvalue weighted by Crippen LogP contribution is -2.28. The minimum absolute atomic E-state index is 0.572. The predicted octanol–water partition coefficient (Wildman–Crippen LogP) is 2.64. The lowest BCUT2D eigenvalue weighted by Gasteiger charge is -2.25. The van der Waals surface area contributed by atoms with Gasteiger partial charge >= 0.3 is 0 Å². The number of allylic oxidation sites excluding steroid dienone is 4. The lowest BCUT2D eigenvalue weighted by atomic mass is 9.87. The van der Waals surface area contributed by atoms with E-state index in [2.05, 4.69) is 39.5 Å². The number of alkyl halides is 1. The maximum atomic E-state index is 3.65. The molecule has 1 unspecified atom stereocenters. The molecule has 1 nitrogen and oxygen atoms in total. The molecule has 72 valence electrons. The molecular formula is C11H16BrN. The van der Waals surface area contributed by atoms with Crippen molar-refractivity contribution in [1.82, 2.24) is 5.32 Å². The van der Waals surface area contributed by atoms with E-state index >= 15 is 0 Å². The molecule has 1 heterocycles. The van der Waals surface area contributed by atoms with Gasteiger partial charge in [0, 0.05) is 4.83 Å². The highest BCUT2D eigenvalue weighted by Crippen LogP contribution is 2.27. The van der Waals surface area contributed by atoms with Gasteiger partial charge in [-0.15, -0.1) is 0 Å². The molecule has 0 aromatic heterocycles. The van der Waals surface area contributed by atoms with Gasteiger partial charge < -0.3 is 5.32 Å². The molecule has 0 radical (unpaired) electrons. The third-order valence-corrected chi connectivity index (χ3v) is 3.49. The zero-order valence-electron chi connectivity index (χ0n) is 7.80. The zero-order chi connectivity index (χ0) is 9.10. The van der Waals surface area contributed by atoms with E-state index in [1.54, 1.807) is 5.57 Å². The van der Waals surface area contributed by atoms with E-state index in [4.69, 9.17) is 0 Å². The topological polar surface area (TPSA) is 12.0 Å². The Morgan fingerprint density at radius 3 is 2.77 bits per heavy atom. The van der Waals surface area contributed by atoms with E-state index in [0.717, 1.165) is 12.3 Å². The van der Waals surface area contributed by atoms with Crippen molar-refractivity contribution < 1.29 is 0 Å². The van der Waals surface area contributed by atoms with Crippen molar-refractivity contribution in [3.8, 4) is 0 Å². The predicted molar refractivity (Wildman–Crippen MR) is 60.1 cm³/mol. The number of piperidine rings is 1. The van der Waals surface area contributed by atoms with Crippen LogP contribution in [0, 0.1) is 5.92 Å². The van der Waals surface area contributed by atoms with E-state index < -0.39 is 0 Å².